The first kappa shape index (κ1) is 13.3. The molecule has 0 aliphatic rings. The Labute approximate surface area is 102 Å². The van der Waals surface area contributed by atoms with Crippen LogP contribution in [0.1, 0.15) is 0 Å². The second-order valence-corrected chi connectivity index (χ2v) is 3.05. The molecule has 1 aromatic carbocycles. The summed E-state index contributed by atoms with van der Waals surface area (Å²) in [5.74, 6) is -2.51. The van der Waals surface area contributed by atoms with E-state index < -0.39 is 11.9 Å². The number of aromatic nitrogens is 2. The number of hydrogen-bond acceptors (Lipinski definition) is 4. The van der Waals surface area contributed by atoms with Gasteiger partial charge in [0.2, 0.25) is 0 Å². The molecule has 18 heavy (non-hydrogen) atoms. The van der Waals surface area contributed by atoms with Gasteiger partial charge in [0.1, 0.15) is 0 Å². The molecule has 2 aromatic rings. The minimum absolute atomic E-state index is 0.558. The van der Waals surface area contributed by atoms with E-state index in [4.69, 9.17) is 10.2 Å². The minimum Gasteiger partial charge on any atom is -0.478 e. The Morgan fingerprint density at radius 1 is 0.889 bits per heavy atom. The van der Waals surface area contributed by atoms with Crippen molar-refractivity contribution in [1.29, 1.82) is 0 Å². The number of carboxylic acids is 2. The van der Waals surface area contributed by atoms with Gasteiger partial charge in [0.05, 0.1) is 11.0 Å². The first-order valence-corrected chi connectivity index (χ1v) is 4.89. The van der Waals surface area contributed by atoms with Crippen LogP contribution in [-0.4, -0.2) is 32.1 Å². The van der Waals surface area contributed by atoms with Crippen LogP contribution in [0.3, 0.4) is 0 Å². The van der Waals surface area contributed by atoms with Crippen molar-refractivity contribution in [2.24, 2.45) is 0 Å². The van der Waals surface area contributed by atoms with Crippen molar-refractivity contribution >= 4 is 23.0 Å². The number of carbonyl (C=O) groups is 2. The lowest BCUT2D eigenvalue weighted by atomic mass is 10.3. The number of carboxylic acid groups (broad SMARTS) is 2. The third-order valence-corrected chi connectivity index (χ3v) is 1.74. The summed E-state index contributed by atoms with van der Waals surface area (Å²) < 4.78 is 0. The predicted molar refractivity (Wildman–Crippen MR) is 63.9 cm³/mol. The molecular formula is C12H10N2O4. The summed E-state index contributed by atoms with van der Waals surface area (Å²) in [6.45, 7) is 0. The smallest absolute Gasteiger partial charge is 0.328 e. The molecule has 0 bridgehead atoms. The zero-order valence-corrected chi connectivity index (χ0v) is 9.22. The molecule has 1 heterocycles. The second kappa shape index (κ2) is 6.74. The molecule has 2 N–H and O–H groups in total. The summed E-state index contributed by atoms with van der Waals surface area (Å²) in [6, 6.07) is 7.80. The highest BCUT2D eigenvalue weighted by atomic mass is 16.4. The van der Waals surface area contributed by atoms with Gasteiger partial charge in [0, 0.05) is 24.5 Å². The Morgan fingerprint density at radius 3 is 1.61 bits per heavy atom. The summed E-state index contributed by atoms with van der Waals surface area (Å²) in [5, 5.41) is 15.6. The van der Waals surface area contributed by atoms with Crippen LogP contribution in [0.15, 0.2) is 48.8 Å². The van der Waals surface area contributed by atoms with E-state index in [1.165, 1.54) is 0 Å². The number of hydrogen-bond donors (Lipinski definition) is 2. The van der Waals surface area contributed by atoms with E-state index in [1.807, 2.05) is 24.3 Å². The fourth-order valence-corrected chi connectivity index (χ4v) is 1.05. The summed E-state index contributed by atoms with van der Waals surface area (Å²) >= 11 is 0. The van der Waals surface area contributed by atoms with Gasteiger partial charge in [-0.2, -0.15) is 0 Å². The minimum atomic E-state index is -1.26. The van der Waals surface area contributed by atoms with E-state index in [2.05, 4.69) is 9.97 Å². The topological polar surface area (TPSA) is 100 Å². The van der Waals surface area contributed by atoms with Crippen molar-refractivity contribution < 1.29 is 19.8 Å². The standard InChI is InChI=1S/C8H6N2.C4H4O4/c1-2-4-8-7(3-1)9-5-6-10-8;5-3(6)1-2-4(7)8/h1-6H;1-2H,(H,5,6)(H,7,8)/b;2-1-. The Balaban J connectivity index is 0.000000187. The monoisotopic (exact) mass is 246 g/mol. The van der Waals surface area contributed by atoms with Crippen LogP contribution in [0.25, 0.3) is 11.0 Å². The van der Waals surface area contributed by atoms with Crippen LogP contribution in [0.4, 0.5) is 0 Å². The van der Waals surface area contributed by atoms with Crippen LogP contribution in [0.2, 0.25) is 0 Å². The first-order chi connectivity index (χ1) is 8.59. The fraction of sp³-hybridized carbons (Fsp3) is 0. The number of nitrogens with zero attached hydrogens (tertiary/aromatic N) is 2. The molecule has 0 atom stereocenters. The average molecular weight is 246 g/mol. The maximum Gasteiger partial charge on any atom is 0.328 e. The first-order valence-electron chi connectivity index (χ1n) is 4.89. The molecule has 0 saturated carbocycles. The highest BCUT2D eigenvalue weighted by molar-refractivity contribution is 5.89. The van der Waals surface area contributed by atoms with Gasteiger partial charge in [-0.05, 0) is 12.1 Å². The van der Waals surface area contributed by atoms with Crippen molar-refractivity contribution in [3.05, 3.63) is 48.8 Å². The Hall–Kier alpha value is -2.76. The Morgan fingerprint density at radius 2 is 1.28 bits per heavy atom. The molecule has 0 saturated heterocycles. The molecule has 1 aromatic heterocycles. The van der Waals surface area contributed by atoms with Gasteiger partial charge in [-0.3, -0.25) is 9.97 Å². The summed E-state index contributed by atoms with van der Waals surface area (Å²) in [4.78, 5) is 27.3. The van der Waals surface area contributed by atoms with Crippen LogP contribution in [0.5, 0.6) is 0 Å². The van der Waals surface area contributed by atoms with E-state index in [-0.39, 0.29) is 0 Å². The molecule has 0 fully saturated rings. The van der Waals surface area contributed by atoms with Crippen molar-refractivity contribution in [3.8, 4) is 0 Å². The number of aliphatic carboxylic acids is 2. The highest BCUT2D eigenvalue weighted by Crippen LogP contribution is 2.04. The third-order valence-electron chi connectivity index (χ3n) is 1.74. The Bertz CT molecular complexity index is 500. The normalized spacial score (nSPS) is 9.78. The van der Waals surface area contributed by atoms with Gasteiger partial charge < -0.3 is 10.2 Å². The molecule has 0 radical (unpaired) electrons. The molecular weight excluding hydrogens is 236 g/mol. The summed E-state index contributed by atoms with van der Waals surface area (Å²) in [6.07, 6.45) is 4.51. The lowest BCUT2D eigenvalue weighted by molar-refractivity contribution is -0.134. The molecule has 0 spiro atoms. The van der Waals surface area contributed by atoms with Gasteiger partial charge >= 0.3 is 11.9 Å². The van der Waals surface area contributed by atoms with Gasteiger partial charge in [-0.25, -0.2) is 9.59 Å². The summed E-state index contributed by atoms with van der Waals surface area (Å²) in [7, 11) is 0. The van der Waals surface area contributed by atoms with E-state index in [0.717, 1.165) is 11.0 Å². The lowest BCUT2D eigenvalue weighted by Crippen LogP contribution is -1.91. The molecule has 92 valence electrons. The molecule has 0 amide bonds. The van der Waals surface area contributed by atoms with Crippen molar-refractivity contribution in [2.45, 2.75) is 0 Å². The second-order valence-electron chi connectivity index (χ2n) is 3.05. The number of fused-ring (bicyclic) bond motifs is 1. The van der Waals surface area contributed by atoms with Crippen LogP contribution in [-0.2, 0) is 9.59 Å². The maximum absolute atomic E-state index is 9.55. The molecule has 2 rings (SSSR count). The largest absolute Gasteiger partial charge is 0.478 e. The van der Waals surface area contributed by atoms with Gasteiger partial charge in [0.15, 0.2) is 0 Å². The third kappa shape index (κ3) is 4.84. The van der Waals surface area contributed by atoms with E-state index in [0.29, 0.717) is 12.2 Å². The number of benzene rings is 1. The van der Waals surface area contributed by atoms with Crippen molar-refractivity contribution in [1.82, 2.24) is 9.97 Å². The zero-order valence-electron chi connectivity index (χ0n) is 9.22. The lowest BCUT2D eigenvalue weighted by Gasteiger charge is -1.90. The van der Waals surface area contributed by atoms with E-state index in [1.54, 1.807) is 12.4 Å². The van der Waals surface area contributed by atoms with Gasteiger partial charge in [-0.1, -0.05) is 12.1 Å². The van der Waals surface area contributed by atoms with Crippen LogP contribution < -0.4 is 0 Å². The van der Waals surface area contributed by atoms with Crippen LogP contribution in [0, 0.1) is 0 Å². The van der Waals surface area contributed by atoms with Crippen LogP contribution >= 0.6 is 0 Å². The van der Waals surface area contributed by atoms with Crippen molar-refractivity contribution in [3.63, 3.8) is 0 Å². The predicted octanol–water partition coefficient (Wildman–Crippen LogP) is 1.34. The molecule has 0 aliphatic carbocycles. The molecule has 0 unspecified atom stereocenters. The van der Waals surface area contributed by atoms with E-state index in [9.17, 15) is 9.59 Å². The van der Waals surface area contributed by atoms with Gasteiger partial charge in [-0.15, -0.1) is 0 Å². The zero-order chi connectivity index (χ0) is 13.4. The quantitative estimate of drug-likeness (QED) is 0.775. The average Bonchev–Trinajstić information content (AvgIpc) is 2.37. The highest BCUT2D eigenvalue weighted by Gasteiger charge is 1.88. The van der Waals surface area contributed by atoms with Gasteiger partial charge in [0.25, 0.3) is 0 Å². The number of para-hydroxylation sites is 2. The summed E-state index contributed by atoms with van der Waals surface area (Å²) in [5.41, 5.74) is 1.90. The fourth-order valence-electron chi connectivity index (χ4n) is 1.05. The number of rotatable bonds is 2. The molecule has 6 heteroatoms. The molecule has 0 aliphatic heterocycles. The SMILES string of the molecule is O=C(O)/C=C\C(=O)O.c1ccc2nccnc2c1. The van der Waals surface area contributed by atoms with Crippen molar-refractivity contribution in [2.75, 3.05) is 0 Å². The molecule has 6 nitrogen and oxygen atoms in total. The van der Waals surface area contributed by atoms with E-state index >= 15 is 0 Å². The Kier molecular flexibility index (Phi) is 4.98. The maximum atomic E-state index is 9.55.